The molecule has 6 nitrogen and oxygen atoms in total. The number of aliphatic hydroxyl groups is 1. The maximum atomic E-state index is 12.4. The molecule has 0 unspecified atom stereocenters. The van der Waals surface area contributed by atoms with Crippen molar-refractivity contribution in [2.45, 2.75) is 19.3 Å². The van der Waals surface area contributed by atoms with E-state index in [4.69, 9.17) is 9.84 Å². The van der Waals surface area contributed by atoms with Gasteiger partial charge in [-0.3, -0.25) is 14.5 Å². The van der Waals surface area contributed by atoms with E-state index in [-0.39, 0.29) is 24.3 Å². The number of hydrogen-bond donors (Lipinski definition) is 2. The minimum atomic E-state index is -0.464. The second-order valence-corrected chi connectivity index (χ2v) is 7.11. The van der Waals surface area contributed by atoms with E-state index in [1.54, 1.807) is 7.11 Å². The molecule has 1 heterocycles. The van der Waals surface area contributed by atoms with Crippen LogP contribution in [0.5, 0.6) is 5.75 Å². The molecule has 0 aliphatic carbocycles. The third-order valence-electron chi connectivity index (χ3n) is 5.02. The van der Waals surface area contributed by atoms with E-state index in [9.17, 15) is 9.59 Å². The van der Waals surface area contributed by atoms with Crippen LogP contribution in [0, 0.1) is 0 Å². The number of carbonyl (C=O) groups excluding carboxylic acids is 2. The van der Waals surface area contributed by atoms with Gasteiger partial charge in [0.15, 0.2) is 0 Å². The number of carbonyl (C=O) groups is 2. The van der Waals surface area contributed by atoms with Crippen molar-refractivity contribution in [1.82, 2.24) is 4.90 Å². The Balaban J connectivity index is 1.94. The van der Waals surface area contributed by atoms with Gasteiger partial charge in [0.1, 0.15) is 11.4 Å². The minimum Gasteiger partial charge on any atom is -0.495 e. The Bertz CT molecular complexity index is 919. The van der Waals surface area contributed by atoms with Crippen LogP contribution in [-0.4, -0.2) is 42.1 Å². The number of hydrogen-bond acceptors (Lipinski definition) is 5. The summed E-state index contributed by atoms with van der Waals surface area (Å²) >= 11 is 0. The molecular formula is C22H24N2O4. The van der Waals surface area contributed by atoms with Gasteiger partial charge in [-0.1, -0.05) is 50.2 Å². The molecule has 2 amide bonds. The van der Waals surface area contributed by atoms with E-state index < -0.39 is 11.8 Å². The summed E-state index contributed by atoms with van der Waals surface area (Å²) in [7, 11) is 1.55. The van der Waals surface area contributed by atoms with Crippen molar-refractivity contribution in [3.8, 4) is 5.75 Å². The summed E-state index contributed by atoms with van der Waals surface area (Å²) in [6, 6.07) is 15.9. The Kier molecular flexibility index (Phi) is 5.51. The van der Waals surface area contributed by atoms with E-state index in [1.807, 2.05) is 36.4 Å². The fraction of sp³-hybridized carbons (Fsp3) is 0.273. The van der Waals surface area contributed by atoms with Crippen LogP contribution >= 0.6 is 0 Å². The summed E-state index contributed by atoms with van der Waals surface area (Å²) < 4.78 is 5.43. The molecule has 0 atom stereocenters. The molecule has 6 heteroatoms. The zero-order chi connectivity index (χ0) is 20.3. The lowest BCUT2D eigenvalue weighted by Gasteiger charge is -2.27. The molecule has 2 N–H and O–H groups in total. The smallest absolute Gasteiger partial charge is 0.277 e. The van der Waals surface area contributed by atoms with Crippen molar-refractivity contribution >= 4 is 17.5 Å². The van der Waals surface area contributed by atoms with Gasteiger partial charge in [0.25, 0.3) is 11.8 Å². The molecule has 146 valence electrons. The molecule has 0 fully saturated rings. The number of anilines is 1. The third kappa shape index (κ3) is 3.64. The zero-order valence-corrected chi connectivity index (χ0v) is 16.2. The summed E-state index contributed by atoms with van der Waals surface area (Å²) in [6.45, 7) is 3.95. The van der Waals surface area contributed by atoms with E-state index in [0.717, 1.165) is 16.0 Å². The predicted octanol–water partition coefficient (Wildman–Crippen LogP) is 2.68. The van der Waals surface area contributed by atoms with Gasteiger partial charge < -0.3 is 15.2 Å². The third-order valence-corrected chi connectivity index (χ3v) is 5.02. The molecule has 1 aliphatic heterocycles. The maximum Gasteiger partial charge on any atom is 0.277 e. The molecule has 2 aromatic rings. The Labute approximate surface area is 164 Å². The second kappa shape index (κ2) is 7.86. The fourth-order valence-electron chi connectivity index (χ4n) is 3.27. The Morgan fingerprint density at radius 2 is 1.79 bits per heavy atom. The van der Waals surface area contributed by atoms with Crippen molar-refractivity contribution in [3.63, 3.8) is 0 Å². The van der Waals surface area contributed by atoms with Gasteiger partial charge in [0.2, 0.25) is 0 Å². The number of β-amino-alcohol motifs (C(OH)–C–C–N with tert-alkyl or cyclic N) is 1. The first-order valence-electron chi connectivity index (χ1n) is 9.08. The topological polar surface area (TPSA) is 78.9 Å². The summed E-state index contributed by atoms with van der Waals surface area (Å²) in [5.74, 6) is -0.343. The standard InChI is InChI=1S/C22H24N2O4/c1-22(2,15-7-5-4-6-8-15)16-9-10-19(28-3)17(13-16)23-18-14-20(26)24(11-12-25)21(18)27/h4-10,13-14,23,25H,11-12H2,1-3H3. The SMILES string of the molecule is COc1ccc(C(C)(C)c2ccccc2)cc1NC1=CC(=O)N(CCO)C1=O. The largest absolute Gasteiger partial charge is 0.495 e. The Hall–Kier alpha value is -3.12. The lowest BCUT2D eigenvalue weighted by atomic mass is 9.78. The summed E-state index contributed by atoms with van der Waals surface area (Å²) in [5, 5.41) is 12.1. The van der Waals surface area contributed by atoms with Gasteiger partial charge in [0, 0.05) is 11.5 Å². The number of rotatable bonds is 7. The first-order chi connectivity index (χ1) is 13.4. The van der Waals surface area contributed by atoms with Crippen LogP contribution in [0.15, 0.2) is 60.3 Å². The van der Waals surface area contributed by atoms with E-state index >= 15 is 0 Å². The molecule has 0 radical (unpaired) electrons. The highest BCUT2D eigenvalue weighted by Crippen LogP contribution is 2.36. The monoisotopic (exact) mass is 380 g/mol. The molecule has 0 saturated carbocycles. The van der Waals surface area contributed by atoms with Crippen LogP contribution in [0.4, 0.5) is 5.69 Å². The molecule has 0 aromatic heterocycles. The first-order valence-corrected chi connectivity index (χ1v) is 9.08. The zero-order valence-electron chi connectivity index (χ0n) is 16.2. The number of imide groups is 1. The number of nitrogens with zero attached hydrogens (tertiary/aromatic N) is 1. The molecule has 0 spiro atoms. The van der Waals surface area contributed by atoms with Gasteiger partial charge >= 0.3 is 0 Å². The molecular weight excluding hydrogens is 356 g/mol. The van der Waals surface area contributed by atoms with Crippen LogP contribution in [0.2, 0.25) is 0 Å². The Morgan fingerprint density at radius 3 is 2.43 bits per heavy atom. The van der Waals surface area contributed by atoms with Crippen LogP contribution in [0.1, 0.15) is 25.0 Å². The second-order valence-electron chi connectivity index (χ2n) is 7.11. The number of methoxy groups -OCH3 is 1. The normalized spacial score (nSPS) is 14.3. The molecule has 28 heavy (non-hydrogen) atoms. The average Bonchev–Trinajstić information content (AvgIpc) is 2.96. The maximum absolute atomic E-state index is 12.4. The van der Waals surface area contributed by atoms with Gasteiger partial charge in [-0.25, -0.2) is 0 Å². The van der Waals surface area contributed by atoms with Gasteiger partial charge in [-0.05, 0) is 23.3 Å². The molecule has 1 aliphatic rings. The van der Waals surface area contributed by atoms with Crippen LogP contribution < -0.4 is 10.1 Å². The predicted molar refractivity (Wildman–Crippen MR) is 107 cm³/mol. The van der Waals surface area contributed by atoms with Crippen LogP contribution in [0.25, 0.3) is 0 Å². The molecule has 0 bridgehead atoms. The van der Waals surface area contributed by atoms with Gasteiger partial charge in [0.05, 0.1) is 25.9 Å². The lowest BCUT2D eigenvalue weighted by molar-refractivity contribution is -0.137. The van der Waals surface area contributed by atoms with E-state index in [0.29, 0.717) is 11.4 Å². The number of aliphatic hydroxyl groups excluding tert-OH is 1. The van der Waals surface area contributed by atoms with Crippen molar-refractivity contribution in [2.75, 3.05) is 25.6 Å². The van der Waals surface area contributed by atoms with E-state index in [2.05, 4.69) is 31.3 Å². The molecule has 0 saturated heterocycles. The number of nitrogens with one attached hydrogen (secondary N) is 1. The number of ether oxygens (including phenoxy) is 1. The van der Waals surface area contributed by atoms with Crippen molar-refractivity contribution < 1.29 is 19.4 Å². The summed E-state index contributed by atoms with van der Waals surface area (Å²) in [6.07, 6.45) is 1.24. The van der Waals surface area contributed by atoms with Gasteiger partial charge in [-0.2, -0.15) is 0 Å². The van der Waals surface area contributed by atoms with Crippen LogP contribution in [0.3, 0.4) is 0 Å². The average molecular weight is 380 g/mol. The highest BCUT2D eigenvalue weighted by molar-refractivity contribution is 6.17. The lowest BCUT2D eigenvalue weighted by Crippen LogP contribution is -2.34. The summed E-state index contributed by atoms with van der Waals surface area (Å²) in [4.78, 5) is 25.4. The summed E-state index contributed by atoms with van der Waals surface area (Å²) in [5.41, 5.74) is 2.68. The first kappa shape index (κ1) is 19.6. The fourth-order valence-corrected chi connectivity index (χ4v) is 3.27. The van der Waals surface area contributed by atoms with Crippen molar-refractivity contribution in [2.24, 2.45) is 0 Å². The highest BCUT2D eigenvalue weighted by Gasteiger charge is 2.31. The van der Waals surface area contributed by atoms with Gasteiger partial charge in [-0.15, -0.1) is 0 Å². The van der Waals surface area contributed by atoms with Crippen molar-refractivity contribution in [1.29, 1.82) is 0 Å². The highest BCUT2D eigenvalue weighted by atomic mass is 16.5. The van der Waals surface area contributed by atoms with E-state index in [1.165, 1.54) is 6.08 Å². The van der Waals surface area contributed by atoms with Crippen LogP contribution in [-0.2, 0) is 15.0 Å². The van der Waals surface area contributed by atoms with Crippen molar-refractivity contribution in [3.05, 3.63) is 71.4 Å². The molecule has 2 aromatic carbocycles. The molecule has 3 rings (SSSR count). The number of benzene rings is 2. The number of amides is 2. The quantitative estimate of drug-likeness (QED) is 0.722. The minimum absolute atomic E-state index is 0.0302. The Morgan fingerprint density at radius 1 is 1.07 bits per heavy atom.